The largest absolute Gasteiger partial charge is 0.399 e. The van der Waals surface area contributed by atoms with Crippen molar-refractivity contribution in [3.8, 4) is 0 Å². The molecule has 1 aliphatic heterocycles. The number of nitrogen functional groups attached to an aromatic ring is 1. The van der Waals surface area contributed by atoms with Gasteiger partial charge in [0.15, 0.2) is 0 Å². The molecule has 2 aliphatic rings. The second-order valence-corrected chi connectivity index (χ2v) is 4.54. The maximum atomic E-state index is 5.80. The molecule has 1 aromatic rings. The van der Waals surface area contributed by atoms with Gasteiger partial charge in [0.2, 0.25) is 0 Å². The van der Waals surface area contributed by atoms with Gasteiger partial charge in [0.25, 0.3) is 0 Å². The van der Waals surface area contributed by atoms with Crippen molar-refractivity contribution in [3.05, 3.63) is 29.3 Å². The number of fused-ring (bicyclic) bond motifs is 2. The fourth-order valence-corrected chi connectivity index (χ4v) is 2.74. The average molecular weight is 189 g/mol. The highest BCUT2D eigenvalue weighted by Gasteiger charge is 2.42. The summed E-state index contributed by atoms with van der Waals surface area (Å²) in [5.41, 5.74) is 9.97. The van der Waals surface area contributed by atoms with Crippen molar-refractivity contribution in [2.45, 2.75) is 24.7 Å². The van der Waals surface area contributed by atoms with Gasteiger partial charge < -0.3 is 10.5 Å². The van der Waals surface area contributed by atoms with Crippen LogP contribution in [0, 0.1) is 0 Å². The van der Waals surface area contributed by atoms with Gasteiger partial charge in [-0.15, -0.1) is 0 Å². The summed E-state index contributed by atoms with van der Waals surface area (Å²) in [5, 5.41) is 0. The molecule has 1 aliphatic carbocycles. The Morgan fingerprint density at radius 1 is 1.29 bits per heavy atom. The van der Waals surface area contributed by atoms with Gasteiger partial charge in [-0.2, -0.15) is 0 Å². The molecule has 0 saturated carbocycles. The topological polar surface area (TPSA) is 35.2 Å². The van der Waals surface area contributed by atoms with Crippen LogP contribution in [0.25, 0.3) is 0 Å². The molecule has 2 N–H and O–H groups in total. The first-order valence-electron chi connectivity index (χ1n) is 5.27. The average Bonchev–Trinajstić information content (AvgIpc) is 2.13. The van der Waals surface area contributed by atoms with Crippen molar-refractivity contribution in [1.29, 1.82) is 0 Å². The molecule has 0 atom stereocenters. The van der Waals surface area contributed by atoms with Crippen molar-refractivity contribution < 1.29 is 4.74 Å². The Morgan fingerprint density at radius 3 is 2.86 bits per heavy atom. The maximum Gasteiger partial charge on any atom is 0.0585 e. The van der Waals surface area contributed by atoms with Crippen LogP contribution < -0.4 is 5.73 Å². The Bertz CT molecular complexity index is 369. The third-order valence-electron chi connectivity index (χ3n) is 3.56. The summed E-state index contributed by atoms with van der Waals surface area (Å²) >= 11 is 0. The molecule has 2 nitrogen and oxygen atoms in total. The standard InChI is InChI=1S/C12H15NO/c13-10-3-4-11-9(6-10)2-1-5-12(11)7-14-8-12/h3-4,6H,1-2,5,7-8,13H2. The first kappa shape index (κ1) is 8.30. The van der Waals surface area contributed by atoms with Crippen LogP contribution in [0.3, 0.4) is 0 Å². The highest BCUT2D eigenvalue weighted by Crippen LogP contribution is 2.43. The quantitative estimate of drug-likeness (QED) is 0.632. The Morgan fingerprint density at radius 2 is 2.14 bits per heavy atom. The predicted octanol–water partition coefficient (Wildman–Crippen LogP) is 1.87. The first-order chi connectivity index (χ1) is 6.80. The minimum atomic E-state index is 0.348. The lowest BCUT2D eigenvalue weighted by molar-refractivity contribution is -0.0682. The van der Waals surface area contributed by atoms with Gasteiger partial charge in [0.1, 0.15) is 0 Å². The van der Waals surface area contributed by atoms with Gasteiger partial charge >= 0.3 is 0 Å². The lowest BCUT2D eigenvalue weighted by atomic mass is 9.68. The van der Waals surface area contributed by atoms with Crippen LogP contribution in [-0.4, -0.2) is 13.2 Å². The Balaban J connectivity index is 2.10. The number of hydrogen-bond donors (Lipinski definition) is 1. The smallest absolute Gasteiger partial charge is 0.0585 e. The molecule has 74 valence electrons. The molecule has 1 fully saturated rings. The highest BCUT2D eigenvalue weighted by molar-refractivity contribution is 5.49. The van der Waals surface area contributed by atoms with E-state index >= 15 is 0 Å². The molecular weight excluding hydrogens is 174 g/mol. The van der Waals surface area contributed by atoms with Crippen molar-refractivity contribution in [3.63, 3.8) is 0 Å². The monoisotopic (exact) mass is 189 g/mol. The summed E-state index contributed by atoms with van der Waals surface area (Å²) in [6, 6.07) is 6.35. The SMILES string of the molecule is Nc1ccc2c(c1)CCCC21COC1. The van der Waals surface area contributed by atoms with E-state index < -0.39 is 0 Å². The van der Waals surface area contributed by atoms with Crippen LogP contribution in [0.15, 0.2) is 18.2 Å². The molecule has 0 amide bonds. The third kappa shape index (κ3) is 1.01. The van der Waals surface area contributed by atoms with E-state index in [-0.39, 0.29) is 0 Å². The number of hydrogen-bond acceptors (Lipinski definition) is 2. The van der Waals surface area contributed by atoms with Gasteiger partial charge in [0.05, 0.1) is 13.2 Å². The van der Waals surface area contributed by atoms with E-state index in [1.54, 1.807) is 0 Å². The van der Waals surface area contributed by atoms with Crippen molar-refractivity contribution in [1.82, 2.24) is 0 Å². The van der Waals surface area contributed by atoms with Crippen LogP contribution in [0.5, 0.6) is 0 Å². The predicted molar refractivity (Wildman–Crippen MR) is 56.3 cm³/mol. The van der Waals surface area contributed by atoms with Crippen LogP contribution in [0.1, 0.15) is 24.0 Å². The number of rotatable bonds is 0. The molecule has 3 rings (SSSR count). The molecule has 2 heteroatoms. The zero-order valence-corrected chi connectivity index (χ0v) is 8.25. The lowest BCUT2D eigenvalue weighted by Gasteiger charge is -2.45. The Labute approximate surface area is 84.1 Å². The van der Waals surface area contributed by atoms with Gasteiger partial charge in [-0.05, 0) is 42.5 Å². The molecule has 1 heterocycles. The number of anilines is 1. The van der Waals surface area contributed by atoms with Crippen LogP contribution in [0.2, 0.25) is 0 Å². The molecule has 14 heavy (non-hydrogen) atoms. The Kier molecular flexibility index (Phi) is 1.62. The second kappa shape index (κ2) is 2.74. The summed E-state index contributed by atoms with van der Waals surface area (Å²) in [7, 11) is 0. The number of ether oxygens (including phenoxy) is 1. The van der Waals surface area contributed by atoms with E-state index in [0.717, 1.165) is 18.9 Å². The zero-order chi connectivity index (χ0) is 9.60. The van der Waals surface area contributed by atoms with Crippen molar-refractivity contribution in [2.24, 2.45) is 0 Å². The fourth-order valence-electron chi connectivity index (χ4n) is 2.74. The summed E-state index contributed by atoms with van der Waals surface area (Å²) < 4.78 is 5.37. The number of aryl methyl sites for hydroxylation is 1. The van der Waals surface area contributed by atoms with E-state index in [1.165, 1.54) is 30.4 Å². The molecule has 1 saturated heterocycles. The van der Waals surface area contributed by atoms with Crippen LogP contribution in [0.4, 0.5) is 5.69 Å². The van der Waals surface area contributed by atoms with Gasteiger partial charge in [0, 0.05) is 11.1 Å². The summed E-state index contributed by atoms with van der Waals surface area (Å²) in [6.45, 7) is 1.81. The van der Waals surface area contributed by atoms with Crippen LogP contribution in [-0.2, 0) is 16.6 Å². The molecule has 0 aromatic heterocycles. The summed E-state index contributed by atoms with van der Waals surface area (Å²) in [6.07, 6.45) is 3.74. The molecule has 1 aromatic carbocycles. The fraction of sp³-hybridized carbons (Fsp3) is 0.500. The minimum Gasteiger partial charge on any atom is -0.399 e. The van der Waals surface area contributed by atoms with E-state index in [1.807, 2.05) is 6.07 Å². The normalized spacial score (nSPS) is 22.9. The van der Waals surface area contributed by atoms with E-state index in [9.17, 15) is 0 Å². The Hall–Kier alpha value is -1.02. The van der Waals surface area contributed by atoms with Crippen molar-refractivity contribution >= 4 is 5.69 Å². The van der Waals surface area contributed by atoms with Gasteiger partial charge in [-0.1, -0.05) is 6.07 Å². The van der Waals surface area contributed by atoms with E-state index in [0.29, 0.717) is 5.41 Å². The van der Waals surface area contributed by atoms with E-state index in [2.05, 4.69) is 12.1 Å². The molecular formula is C12H15NO. The molecule has 0 radical (unpaired) electrons. The van der Waals surface area contributed by atoms with Gasteiger partial charge in [-0.25, -0.2) is 0 Å². The zero-order valence-electron chi connectivity index (χ0n) is 8.25. The minimum absolute atomic E-state index is 0.348. The number of benzene rings is 1. The third-order valence-corrected chi connectivity index (χ3v) is 3.56. The molecule has 1 spiro atoms. The lowest BCUT2D eigenvalue weighted by Crippen LogP contribution is -2.48. The maximum absolute atomic E-state index is 5.80. The number of nitrogens with two attached hydrogens (primary N) is 1. The van der Waals surface area contributed by atoms with Crippen LogP contribution >= 0.6 is 0 Å². The molecule has 0 unspecified atom stereocenters. The van der Waals surface area contributed by atoms with Gasteiger partial charge in [-0.3, -0.25) is 0 Å². The summed E-state index contributed by atoms with van der Waals surface area (Å²) in [4.78, 5) is 0. The highest BCUT2D eigenvalue weighted by atomic mass is 16.5. The van der Waals surface area contributed by atoms with E-state index in [4.69, 9.17) is 10.5 Å². The van der Waals surface area contributed by atoms with Crippen molar-refractivity contribution in [2.75, 3.05) is 18.9 Å². The first-order valence-corrected chi connectivity index (χ1v) is 5.27. The second-order valence-electron chi connectivity index (χ2n) is 4.54. The summed E-state index contributed by atoms with van der Waals surface area (Å²) in [5.74, 6) is 0. The molecule has 0 bridgehead atoms.